The Bertz CT molecular complexity index is 665. The quantitative estimate of drug-likeness (QED) is 0.605. The number of nitrogens with one attached hydrogen (secondary N) is 1. The number of ether oxygens (including phenoxy) is 1. The minimum absolute atomic E-state index is 0.274. The van der Waals surface area contributed by atoms with Gasteiger partial charge in [0.05, 0.1) is 15.7 Å². The van der Waals surface area contributed by atoms with Gasteiger partial charge in [0, 0.05) is 32.2 Å². The maximum Gasteiger partial charge on any atom is 0.407 e. The second-order valence-corrected chi connectivity index (χ2v) is 9.76. The number of nitrogens with zero attached hydrogens (tertiary/aromatic N) is 2. The molecule has 3 rings (SSSR count). The fourth-order valence-electron chi connectivity index (χ4n) is 3.76. The molecule has 1 amide bonds. The topological polar surface area (TPSA) is 44.8 Å². The van der Waals surface area contributed by atoms with E-state index in [2.05, 4.69) is 22.0 Å². The molecule has 1 aliphatic carbocycles. The smallest absolute Gasteiger partial charge is 0.407 e. The molecule has 2 fully saturated rings. The summed E-state index contributed by atoms with van der Waals surface area (Å²) in [5.41, 5.74) is 0.670. The van der Waals surface area contributed by atoms with Crippen LogP contribution in [0.2, 0.25) is 10.0 Å². The molecular weight excluding hydrogens is 421 g/mol. The average molecular weight is 458 g/mol. The molecule has 1 heterocycles. The van der Waals surface area contributed by atoms with Crippen molar-refractivity contribution in [2.75, 3.05) is 37.6 Å². The molecule has 0 radical (unpaired) electrons. The van der Waals surface area contributed by atoms with E-state index in [-0.39, 0.29) is 6.09 Å². The van der Waals surface area contributed by atoms with Crippen LogP contribution in [0.15, 0.2) is 18.2 Å². The van der Waals surface area contributed by atoms with Crippen molar-refractivity contribution in [3.63, 3.8) is 0 Å². The maximum atomic E-state index is 11.4. The summed E-state index contributed by atoms with van der Waals surface area (Å²) in [7, 11) is 0. The number of piperazine rings is 1. The first kappa shape index (κ1) is 25.1. The normalized spacial score (nSPS) is 18.4. The van der Waals surface area contributed by atoms with Crippen molar-refractivity contribution in [2.24, 2.45) is 0 Å². The minimum Gasteiger partial charge on any atom is -0.444 e. The van der Waals surface area contributed by atoms with Gasteiger partial charge in [0.1, 0.15) is 5.60 Å². The van der Waals surface area contributed by atoms with Gasteiger partial charge < -0.3 is 19.9 Å². The number of halogens is 2. The van der Waals surface area contributed by atoms with Crippen LogP contribution in [-0.2, 0) is 4.74 Å². The van der Waals surface area contributed by atoms with Crippen LogP contribution in [-0.4, -0.2) is 55.4 Å². The number of amides is 1. The van der Waals surface area contributed by atoms with Crippen molar-refractivity contribution in [3.8, 4) is 0 Å². The molecule has 1 aromatic rings. The van der Waals surface area contributed by atoms with Crippen LogP contribution in [0.3, 0.4) is 0 Å². The fourth-order valence-corrected chi connectivity index (χ4v) is 4.18. The lowest BCUT2D eigenvalue weighted by molar-refractivity contribution is 0.0493. The molecule has 0 atom stereocenters. The molecule has 0 aromatic heterocycles. The van der Waals surface area contributed by atoms with E-state index in [1.165, 1.54) is 19.3 Å². The second kappa shape index (κ2) is 12.0. The molecule has 0 spiro atoms. The van der Waals surface area contributed by atoms with Gasteiger partial charge in [-0.25, -0.2) is 4.79 Å². The standard InChI is InChI=1S/C12H16Cl2N2.C11H21NO2/c1-2-15-6-8-16(9-7-15)11-5-3-4-10(13)12(11)14;1-11(2,3)14-10(13)12-9-7-5-4-6-8-9/h3-5H,2,6-9H2,1H3;9H,4-8H2,1-3H3,(H,12,13). The van der Waals surface area contributed by atoms with Gasteiger partial charge in [-0.1, -0.05) is 55.5 Å². The fraction of sp³-hybridized carbons (Fsp3) is 0.696. The van der Waals surface area contributed by atoms with Crippen molar-refractivity contribution in [1.29, 1.82) is 0 Å². The largest absolute Gasteiger partial charge is 0.444 e. The molecule has 1 saturated heterocycles. The Morgan fingerprint density at radius 3 is 2.30 bits per heavy atom. The third-order valence-electron chi connectivity index (χ3n) is 5.42. The highest BCUT2D eigenvalue weighted by molar-refractivity contribution is 6.43. The summed E-state index contributed by atoms with van der Waals surface area (Å²) in [4.78, 5) is 16.1. The average Bonchev–Trinajstić information content (AvgIpc) is 2.70. The molecule has 30 heavy (non-hydrogen) atoms. The Hall–Kier alpha value is -1.17. The van der Waals surface area contributed by atoms with E-state index in [9.17, 15) is 4.79 Å². The number of anilines is 1. The lowest BCUT2D eigenvalue weighted by atomic mass is 9.96. The summed E-state index contributed by atoms with van der Waals surface area (Å²) >= 11 is 12.2. The van der Waals surface area contributed by atoms with Crippen molar-refractivity contribution >= 4 is 35.0 Å². The van der Waals surface area contributed by atoms with Crippen LogP contribution in [0.25, 0.3) is 0 Å². The Kier molecular flexibility index (Phi) is 10.1. The molecule has 2 aliphatic rings. The van der Waals surface area contributed by atoms with Crippen LogP contribution >= 0.6 is 23.2 Å². The first-order valence-corrected chi connectivity index (χ1v) is 11.9. The van der Waals surface area contributed by atoms with E-state index in [1.807, 2.05) is 39.0 Å². The molecule has 0 unspecified atom stereocenters. The Labute approximate surface area is 192 Å². The van der Waals surface area contributed by atoms with Crippen molar-refractivity contribution in [3.05, 3.63) is 28.2 Å². The minimum atomic E-state index is -0.390. The first-order valence-electron chi connectivity index (χ1n) is 11.1. The van der Waals surface area contributed by atoms with Gasteiger partial charge in [0.2, 0.25) is 0 Å². The number of benzene rings is 1. The number of hydrogen-bond acceptors (Lipinski definition) is 4. The second-order valence-electron chi connectivity index (χ2n) is 8.98. The van der Waals surface area contributed by atoms with Crippen LogP contribution in [0.1, 0.15) is 59.8 Å². The molecule has 1 saturated carbocycles. The van der Waals surface area contributed by atoms with E-state index in [4.69, 9.17) is 27.9 Å². The molecule has 0 bridgehead atoms. The predicted molar refractivity (Wildman–Crippen MR) is 127 cm³/mol. The first-order chi connectivity index (χ1) is 14.2. The van der Waals surface area contributed by atoms with E-state index in [1.54, 1.807) is 0 Å². The lowest BCUT2D eigenvalue weighted by Gasteiger charge is -2.36. The van der Waals surface area contributed by atoms with Crippen LogP contribution in [0.5, 0.6) is 0 Å². The highest BCUT2D eigenvalue weighted by Gasteiger charge is 2.21. The van der Waals surface area contributed by atoms with Crippen molar-refractivity contribution in [1.82, 2.24) is 10.2 Å². The molecule has 1 aliphatic heterocycles. The zero-order chi connectivity index (χ0) is 22.1. The van der Waals surface area contributed by atoms with Gasteiger partial charge in [-0.3, -0.25) is 0 Å². The third-order valence-corrected chi connectivity index (χ3v) is 6.23. The summed E-state index contributed by atoms with van der Waals surface area (Å²) in [5.74, 6) is 0. The van der Waals surface area contributed by atoms with Crippen molar-refractivity contribution < 1.29 is 9.53 Å². The molecular formula is C23H37Cl2N3O2. The molecule has 1 N–H and O–H groups in total. The zero-order valence-electron chi connectivity index (χ0n) is 18.8. The maximum absolute atomic E-state index is 11.4. The highest BCUT2D eigenvalue weighted by atomic mass is 35.5. The lowest BCUT2D eigenvalue weighted by Crippen LogP contribution is -2.46. The molecule has 7 heteroatoms. The zero-order valence-corrected chi connectivity index (χ0v) is 20.4. The van der Waals surface area contributed by atoms with Gasteiger partial charge in [0.15, 0.2) is 0 Å². The van der Waals surface area contributed by atoms with Crippen LogP contribution in [0.4, 0.5) is 10.5 Å². The summed E-state index contributed by atoms with van der Waals surface area (Å²) in [5, 5.41) is 4.23. The van der Waals surface area contributed by atoms with Crippen LogP contribution < -0.4 is 10.2 Å². The van der Waals surface area contributed by atoms with Crippen molar-refractivity contribution in [2.45, 2.75) is 71.4 Å². The van der Waals surface area contributed by atoms with Gasteiger partial charge >= 0.3 is 6.09 Å². The Balaban J connectivity index is 0.000000216. The van der Waals surface area contributed by atoms with E-state index in [0.717, 1.165) is 51.3 Å². The van der Waals surface area contributed by atoms with Gasteiger partial charge in [-0.05, 0) is 52.3 Å². The van der Waals surface area contributed by atoms with E-state index in [0.29, 0.717) is 16.1 Å². The number of carbonyl (C=O) groups excluding carboxylic acids is 1. The SMILES string of the molecule is CC(C)(C)OC(=O)NC1CCCCC1.CCN1CCN(c2cccc(Cl)c2Cl)CC1. The van der Waals surface area contributed by atoms with E-state index < -0.39 is 5.60 Å². The van der Waals surface area contributed by atoms with Crippen LogP contribution in [0, 0.1) is 0 Å². The molecule has 170 valence electrons. The monoisotopic (exact) mass is 457 g/mol. The highest BCUT2D eigenvalue weighted by Crippen LogP contribution is 2.32. The molecule has 5 nitrogen and oxygen atoms in total. The third kappa shape index (κ3) is 8.52. The number of hydrogen-bond donors (Lipinski definition) is 1. The predicted octanol–water partition coefficient (Wildman–Crippen LogP) is 5.98. The number of alkyl carbamates (subject to hydrolysis) is 1. The summed E-state index contributed by atoms with van der Waals surface area (Å²) in [6.07, 6.45) is 5.66. The molecule has 1 aromatic carbocycles. The van der Waals surface area contributed by atoms with Gasteiger partial charge in [-0.2, -0.15) is 0 Å². The Morgan fingerprint density at radius 1 is 1.10 bits per heavy atom. The Morgan fingerprint density at radius 2 is 1.73 bits per heavy atom. The van der Waals surface area contributed by atoms with Gasteiger partial charge in [-0.15, -0.1) is 0 Å². The summed E-state index contributed by atoms with van der Waals surface area (Å²) in [6, 6.07) is 6.15. The summed E-state index contributed by atoms with van der Waals surface area (Å²) < 4.78 is 5.19. The van der Waals surface area contributed by atoms with E-state index >= 15 is 0 Å². The summed E-state index contributed by atoms with van der Waals surface area (Å²) in [6.45, 7) is 13.2. The number of likely N-dealkylation sites (N-methyl/N-ethyl adjacent to an activating group) is 1. The number of carbonyl (C=O) groups is 1. The van der Waals surface area contributed by atoms with Gasteiger partial charge in [0.25, 0.3) is 0 Å². The number of rotatable bonds is 3.